The molecule has 0 heterocycles. The van der Waals surface area contributed by atoms with Crippen molar-refractivity contribution in [3.63, 3.8) is 0 Å². The van der Waals surface area contributed by atoms with Gasteiger partial charge in [0.25, 0.3) is 0 Å². The van der Waals surface area contributed by atoms with Crippen molar-refractivity contribution in [3.8, 4) is 0 Å². The molecule has 0 spiro atoms. The van der Waals surface area contributed by atoms with Gasteiger partial charge >= 0.3 is 0 Å². The Morgan fingerprint density at radius 1 is 0.500 bits per heavy atom. The van der Waals surface area contributed by atoms with E-state index in [2.05, 4.69) is 57.1 Å². The van der Waals surface area contributed by atoms with Crippen molar-refractivity contribution in [2.75, 3.05) is 14.1 Å². The van der Waals surface area contributed by atoms with Crippen LogP contribution in [0.25, 0.3) is 0 Å². The van der Waals surface area contributed by atoms with Crippen molar-refractivity contribution in [2.24, 2.45) is 0 Å². The van der Waals surface area contributed by atoms with E-state index < -0.39 is 0 Å². The van der Waals surface area contributed by atoms with Gasteiger partial charge in [0.05, 0.1) is 0 Å². The van der Waals surface area contributed by atoms with Crippen LogP contribution in [-0.2, 0) is 0 Å². The number of hydrogen-bond acceptors (Lipinski definition) is 1. The minimum absolute atomic E-state index is 0.804. The number of nitrogens with zero attached hydrogens (tertiary/aromatic N) is 1. The van der Waals surface area contributed by atoms with Crippen LogP contribution in [0.3, 0.4) is 0 Å². The smallest absolute Gasteiger partial charge is 0.00891 e. The molecule has 0 aromatic rings. The molecule has 0 radical (unpaired) electrons. The van der Waals surface area contributed by atoms with E-state index in [9.17, 15) is 0 Å². The predicted octanol–water partition coefficient (Wildman–Crippen LogP) is 9.87. The number of rotatable bonds is 23. The summed E-state index contributed by atoms with van der Waals surface area (Å²) in [6, 6.07) is 0.804. The van der Waals surface area contributed by atoms with Crippen LogP contribution in [0, 0.1) is 0 Å². The molecular weight excluding hydrogens is 362 g/mol. The fourth-order valence-electron chi connectivity index (χ4n) is 4.19. The molecule has 1 heteroatoms. The second-order valence-corrected chi connectivity index (χ2v) is 9.55. The summed E-state index contributed by atoms with van der Waals surface area (Å²) in [6.45, 7) is 4.57. The molecule has 1 atom stereocenters. The lowest BCUT2D eigenvalue weighted by atomic mass is 9.99. The maximum Gasteiger partial charge on any atom is 0.00891 e. The molecule has 0 rings (SSSR count). The maximum atomic E-state index is 2.47. The zero-order valence-electron chi connectivity index (χ0n) is 21.5. The van der Waals surface area contributed by atoms with Crippen LogP contribution in [0.1, 0.15) is 142 Å². The molecule has 0 aliphatic heterocycles. The first-order valence-corrected chi connectivity index (χ1v) is 13.7. The van der Waals surface area contributed by atoms with Crippen molar-refractivity contribution >= 4 is 0 Å². The molecule has 0 fully saturated rings. The van der Waals surface area contributed by atoms with E-state index in [4.69, 9.17) is 0 Å². The SMILES string of the molecule is CCCCCC=CC/C=C\CCCCCCCC(CCCCCCCCC)N(C)C. The van der Waals surface area contributed by atoms with Gasteiger partial charge in [0.2, 0.25) is 0 Å². The Labute approximate surface area is 191 Å². The molecule has 0 saturated carbocycles. The monoisotopic (exact) mass is 419 g/mol. The zero-order valence-corrected chi connectivity index (χ0v) is 21.5. The Hall–Kier alpha value is -0.560. The molecule has 178 valence electrons. The van der Waals surface area contributed by atoms with Crippen LogP contribution in [0.5, 0.6) is 0 Å². The van der Waals surface area contributed by atoms with E-state index in [0.717, 1.165) is 12.5 Å². The fourth-order valence-corrected chi connectivity index (χ4v) is 4.19. The Bertz CT molecular complexity index is 369. The third kappa shape index (κ3) is 22.1. The molecule has 0 amide bonds. The quantitative estimate of drug-likeness (QED) is 0.118. The highest BCUT2D eigenvalue weighted by atomic mass is 15.1. The summed E-state index contributed by atoms with van der Waals surface area (Å²) in [6.07, 6.45) is 36.9. The van der Waals surface area contributed by atoms with Gasteiger partial charge in [-0.15, -0.1) is 0 Å². The molecular formula is C29H57N. The molecule has 0 aromatic heterocycles. The highest BCUT2D eigenvalue weighted by molar-refractivity contribution is 4.92. The lowest BCUT2D eigenvalue weighted by Crippen LogP contribution is -2.27. The molecule has 30 heavy (non-hydrogen) atoms. The van der Waals surface area contributed by atoms with Crippen LogP contribution in [0.4, 0.5) is 0 Å². The highest BCUT2D eigenvalue weighted by Gasteiger charge is 2.10. The van der Waals surface area contributed by atoms with E-state index in [1.54, 1.807) is 0 Å². The molecule has 0 saturated heterocycles. The Morgan fingerprint density at radius 3 is 1.40 bits per heavy atom. The van der Waals surface area contributed by atoms with E-state index in [1.165, 1.54) is 122 Å². The van der Waals surface area contributed by atoms with E-state index in [1.807, 2.05) is 0 Å². The number of hydrogen-bond donors (Lipinski definition) is 0. The van der Waals surface area contributed by atoms with Crippen LogP contribution in [0.15, 0.2) is 24.3 Å². The second-order valence-electron chi connectivity index (χ2n) is 9.55. The second kappa shape index (κ2) is 24.7. The summed E-state index contributed by atoms with van der Waals surface area (Å²) >= 11 is 0. The molecule has 0 aliphatic carbocycles. The zero-order chi connectivity index (χ0) is 22.1. The molecule has 0 bridgehead atoms. The van der Waals surface area contributed by atoms with Gasteiger partial charge in [0, 0.05) is 6.04 Å². The molecule has 0 aromatic carbocycles. The van der Waals surface area contributed by atoms with Crippen LogP contribution < -0.4 is 0 Å². The van der Waals surface area contributed by atoms with Gasteiger partial charge in [-0.05, 0) is 59.0 Å². The lowest BCUT2D eigenvalue weighted by molar-refractivity contribution is 0.251. The van der Waals surface area contributed by atoms with E-state index in [0.29, 0.717) is 0 Å². The van der Waals surface area contributed by atoms with Crippen molar-refractivity contribution in [2.45, 2.75) is 148 Å². The molecule has 1 unspecified atom stereocenters. The third-order valence-electron chi connectivity index (χ3n) is 6.36. The Kier molecular flexibility index (Phi) is 24.2. The Balaban J connectivity index is 3.51. The standard InChI is InChI=1S/C29H57N/c1-5-7-9-11-13-14-15-16-17-18-19-20-22-24-26-28-29(30(3)4)27-25-23-21-12-10-8-6-2/h13-14,16-17,29H,5-12,15,18-28H2,1-4H3/b14-13?,17-16-. The number of allylic oxidation sites excluding steroid dienone is 4. The van der Waals surface area contributed by atoms with Gasteiger partial charge in [0.1, 0.15) is 0 Å². The first-order chi connectivity index (χ1) is 14.7. The minimum atomic E-state index is 0.804. The maximum absolute atomic E-state index is 2.47. The minimum Gasteiger partial charge on any atom is -0.306 e. The Morgan fingerprint density at radius 2 is 0.900 bits per heavy atom. The number of unbranched alkanes of at least 4 members (excludes halogenated alkanes) is 14. The van der Waals surface area contributed by atoms with E-state index >= 15 is 0 Å². The summed E-state index contributed by atoms with van der Waals surface area (Å²) < 4.78 is 0. The largest absolute Gasteiger partial charge is 0.306 e. The highest BCUT2D eigenvalue weighted by Crippen LogP contribution is 2.17. The fraction of sp³-hybridized carbons (Fsp3) is 0.862. The van der Waals surface area contributed by atoms with Crippen LogP contribution >= 0.6 is 0 Å². The van der Waals surface area contributed by atoms with Crippen molar-refractivity contribution in [1.82, 2.24) is 4.90 Å². The van der Waals surface area contributed by atoms with Gasteiger partial charge in [-0.25, -0.2) is 0 Å². The normalized spacial score (nSPS) is 13.2. The van der Waals surface area contributed by atoms with Crippen LogP contribution in [-0.4, -0.2) is 25.0 Å². The average molecular weight is 420 g/mol. The van der Waals surface area contributed by atoms with Crippen molar-refractivity contribution in [1.29, 1.82) is 0 Å². The topological polar surface area (TPSA) is 3.24 Å². The van der Waals surface area contributed by atoms with Gasteiger partial charge < -0.3 is 4.90 Å². The van der Waals surface area contributed by atoms with Crippen molar-refractivity contribution in [3.05, 3.63) is 24.3 Å². The third-order valence-corrected chi connectivity index (χ3v) is 6.36. The summed E-state index contributed by atoms with van der Waals surface area (Å²) in [5.74, 6) is 0. The summed E-state index contributed by atoms with van der Waals surface area (Å²) in [7, 11) is 4.55. The van der Waals surface area contributed by atoms with Crippen molar-refractivity contribution < 1.29 is 0 Å². The summed E-state index contributed by atoms with van der Waals surface area (Å²) in [5.41, 5.74) is 0. The van der Waals surface area contributed by atoms with Gasteiger partial charge in [-0.3, -0.25) is 0 Å². The molecule has 1 nitrogen and oxygen atoms in total. The van der Waals surface area contributed by atoms with E-state index in [-0.39, 0.29) is 0 Å². The first-order valence-electron chi connectivity index (χ1n) is 13.7. The molecule has 0 N–H and O–H groups in total. The average Bonchev–Trinajstić information content (AvgIpc) is 2.74. The summed E-state index contributed by atoms with van der Waals surface area (Å²) in [5, 5.41) is 0. The van der Waals surface area contributed by atoms with Crippen LogP contribution in [0.2, 0.25) is 0 Å². The lowest BCUT2D eigenvalue weighted by Gasteiger charge is -2.24. The first kappa shape index (κ1) is 29.4. The predicted molar refractivity (Wildman–Crippen MR) is 139 cm³/mol. The van der Waals surface area contributed by atoms with Gasteiger partial charge in [-0.2, -0.15) is 0 Å². The summed E-state index contributed by atoms with van der Waals surface area (Å²) in [4.78, 5) is 2.47. The van der Waals surface area contributed by atoms with Gasteiger partial charge in [0.15, 0.2) is 0 Å². The van der Waals surface area contributed by atoms with Gasteiger partial charge in [-0.1, -0.05) is 122 Å². The molecule has 0 aliphatic rings.